The molecule has 3 aromatic rings. The van der Waals surface area contributed by atoms with E-state index in [1.54, 1.807) is 12.1 Å². The van der Waals surface area contributed by atoms with E-state index in [0.29, 0.717) is 30.4 Å². The van der Waals surface area contributed by atoms with Gasteiger partial charge >= 0.3 is 0 Å². The molecule has 2 radical (unpaired) electrons. The van der Waals surface area contributed by atoms with E-state index in [1.807, 2.05) is 12.1 Å². The van der Waals surface area contributed by atoms with Gasteiger partial charge in [-0.3, -0.25) is 9.69 Å². The van der Waals surface area contributed by atoms with E-state index in [0.717, 1.165) is 30.9 Å². The SMILES string of the molecule is [B]c1ccc2nc(Nc3cc(CN4CCOCC4)cc(NC(C)=O)c3)ncc2c1F. The highest BCUT2D eigenvalue weighted by molar-refractivity contribution is 6.33. The lowest BCUT2D eigenvalue weighted by Gasteiger charge is -2.27. The molecule has 1 aromatic heterocycles. The van der Waals surface area contributed by atoms with Gasteiger partial charge in [0, 0.05) is 44.1 Å². The minimum atomic E-state index is -0.528. The average Bonchev–Trinajstić information content (AvgIpc) is 2.71. The van der Waals surface area contributed by atoms with Gasteiger partial charge in [0.2, 0.25) is 11.9 Å². The number of fused-ring (bicyclic) bond motifs is 1. The molecule has 2 heterocycles. The zero-order chi connectivity index (χ0) is 21.1. The molecule has 1 fully saturated rings. The van der Waals surface area contributed by atoms with Crippen molar-refractivity contribution in [3.63, 3.8) is 0 Å². The summed E-state index contributed by atoms with van der Waals surface area (Å²) in [5.41, 5.74) is 2.94. The number of benzene rings is 2. The predicted octanol–water partition coefficient (Wildman–Crippen LogP) is 2.10. The molecule has 152 valence electrons. The maximum atomic E-state index is 14.1. The van der Waals surface area contributed by atoms with E-state index in [1.165, 1.54) is 19.2 Å². The fourth-order valence-corrected chi connectivity index (χ4v) is 3.43. The van der Waals surface area contributed by atoms with Gasteiger partial charge in [0.25, 0.3) is 0 Å². The van der Waals surface area contributed by atoms with E-state index in [-0.39, 0.29) is 16.8 Å². The Kier molecular flexibility index (Phi) is 5.92. The van der Waals surface area contributed by atoms with E-state index < -0.39 is 5.82 Å². The van der Waals surface area contributed by atoms with Gasteiger partial charge < -0.3 is 15.4 Å². The first-order chi connectivity index (χ1) is 14.5. The molecule has 1 amide bonds. The molecule has 2 aromatic carbocycles. The monoisotopic (exact) mass is 405 g/mol. The minimum Gasteiger partial charge on any atom is -0.379 e. The van der Waals surface area contributed by atoms with Crippen LogP contribution in [0.15, 0.2) is 36.5 Å². The highest BCUT2D eigenvalue weighted by Crippen LogP contribution is 2.24. The molecule has 0 aliphatic carbocycles. The summed E-state index contributed by atoms with van der Waals surface area (Å²) >= 11 is 0. The molecular formula is C21H21BFN5O2. The van der Waals surface area contributed by atoms with Crippen molar-refractivity contribution in [1.82, 2.24) is 14.9 Å². The smallest absolute Gasteiger partial charge is 0.227 e. The van der Waals surface area contributed by atoms with Crippen LogP contribution in [0.4, 0.5) is 21.7 Å². The van der Waals surface area contributed by atoms with Crippen LogP contribution in [0, 0.1) is 5.82 Å². The number of hydrogen-bond acceptors (Lipinski definition) is 6. The number of carbonyl (C=O) groups is 1. The third-order valence-electron chi connectivity index (χ3n) is 4.81. The van der Waals surface area contributed by atoms with Crippen LogP contribution in [-0.4, -0.2) is 54.9 Å². The molecule has 2 N–H and O–H groups in total. The number of ether oxygens (including phenoxy) is 1. The molecule has 4 rings (SSSR count). The number of hydrogen-bond donors (Lipinski definition) is 2. The van der Waals surface area contributed by atoms with E-state index in [9.17, 15) is 9.18 Å². The first-order valence-electron chi connectivity index (χ1n) is 9.67. The summed E-state index contributed by atoms with van der Waals surface area (Å²) in [6.07, 6.45) is 1.41. The molecule has 1 aliphatic heterocycles. The van der Waals surface area contributed by atoms with Crippen LogP contribution >= 0.6 is 0 Å². The summed E-state index contributed by atoms with van der Waals surface area (Å²) in [5, 5.41) is 6.24. The van der Waals surface area contributed by atoms with Crippen molar-refractivity contribution in [2.45, 2.75) is 13.5 Å². The summed E-state index contributed by atoms with van der Waals surface area (Å²) in [6.45, 7) is 5.33. The van der Waals surface area contributed by atoms with Gasteiger partial charge in [-0.2, -0.15) is 0 Å². The quantitative estimate of drug-likeness (QED) is 0.633. The standard InChI is InChI=1S/C21H21BFN5O2/c1-13(29)25-15-8-14(12-28-4-6-30-7-5-28)9-16(10-15)26-21-24-11-17-19(27-21)3-2-18(22)20(17)23/h2-3,8-11H,4-7,12H2,1H3,(H,25,29)(H,24,26,27). The minimum absolute atomic E-state index is 0.0579. The maximum Gasteiger partial charge on any atom is 0.227 e. The Morgan fingerprint density at radius 1 is 1.23 bits per heavy atom. The number of carbonyl (C=O) groups excluding carboxylic acids is 1. The van der Waals surface area contributed by atoms with Crippen LogP contribution < -0.4 is 16.1 Å². The number of anilines is 3. The average molecular weight is 405 g/mol. The van der Waals surface area contributed by atoms with E-state index >= 15 is 0 Å². The maximum absolute atomic E-state index is 14.1. The predicted molar refractivity (Wildman–Crippen MR) is 115 cm³/mol. The van der Waals surface area contributed by atoms with Crippen molar-refractivity contribution < 1.29 is 13.9 Å². The normalized spacial score (nSPS) is 14.6. The van der Waals surface area contributed by atoms with Gasteiger partial charge in [-0.05, 0) is 29.8 Å². The Morgan fingerprint density at radius 3 is 2.77 bits per heavy atom. The fraction of sp³-hybridized carbons (Fsp3) is 0.286. The second-order valence-electron chi connectivity index (χ2n) is 7.21. The Balaban J connectivity index is 1.61. The highest BCUT2D eigenvalue weighted by Gasteiger charge is 2.13. The third kappa shape index (κ3) is 4.75. The number of amides is 1. The zero-order valence-corrected chi connectivity index (χ0v) is 16.6. The molecule has 9 heteroatoms. The molecular weight excluding hydrogens is 384 g/mol. The lowest BCUT2D eigenvalue weighted by molar-refractivity contribution is -0.114. The largest absolute Gasteiger partial charge is 0.379 e. The van der Waals surface area contributed by atoms with Crippen LogP contribution in [-0.2, 0) is 16.1 Å². The summed E-state index contributed by atoms with van der Waals surface area (Å²) in [5.74, 6) is -0.358. The Hall–Kier alpha value is -3.04. The molecule has 1 saturated heterocycles. The molecule has 0 bridgehead atoms. The van der Waals surface area contributed by atoms with Crippen LogP contribution in [0.25, 0.3) is 10.9 Å². The molecule has 1 aliphatic rings. The first kappa shape index (κ1) is 20.2. The summed E-state index contributed by atoms with van der Waals surface area (Å²) in [4.78, 5) is 22.4. The van der Waals surface area contributed by atoms with Gasteiger partial charge in [0.05, 0.1) is 24.1 Å². The van der Waals surface area contributed by atoms with Gasteiger partial charge in [0.1, 0.15) is 13.7 Å². The van der Waals surface area contributed by atoms with Crippen molar-refractivity contribution in [2.24, 2.45) is 0 Å². The number of nitrogens with one attached hydrogen (secondary N) is 2. The molecule has 0 atom stereocenters. The summed E-state index contributed by atoms with van der Waals surface area (Å²) in [6, 6.07) is 8.87. The Bertz CT molecular complexity index is 1090. The first-order valence-corrected chi connectivity index (χ1v) is 9.67. The van der Waals surface area contributed by atoms with Crippen LogP contribution in [0.1, 0.15) is 12.5 Å². The van der Waals surface area contributed by atoms with Crippen molar-refractivity contribution in [1.29, 1.82) is 0 Å². The number of halogens is 1. The summed E-state index contributed by atoms with van der Waals surface area (Å²) < 4.78 is 19.5. The van der Waals surface area contributed by atoms with Crippen molar-refractivity contribution in [2.75, 3.05) is 36.9 Å². The van der Waals surface area contributed by atoms with Crippen molar-refractivity contribution in [3.8, 4) is 0 Å². The lowest BCUT2D eigenvalue weighted by atomic mass is 9.94. The topological polar surface area (TPSA) is 79.4 Å². The second kappa shape index (κ2) is 8.77. The second-order valence-corrected chi connectivity index (χ2v) is 7.21. The van der Waals surface area contributed by atoms with E-state index in [4.69, 9.17) is 12.6 Å². The number of rotatable bonds is 5. The van der Waals surface area contributed by atoms with Gasteiger partial charge in [-0.25, -0.2) is 14.4 Å². The lowest BCUT2D eigenvalue weighted by Crippen LogP contribution is -2.35. The number of nitrogens with zero attached hydrogens (tertiary/aromatic N) is 3. The fourth-order valence-electron chi connectivity index (χ4n) is 3.43. The number of morpholine rings is 1. The molecule has 7 nitrogen and oxygen atoms in total. The summed E-state index contributed by atoms with van der Waals surface area (Å²) in [7, 11) is 5.60. The van der Waals surface area contributed by atoms with Crippen LogP contribution in [0.3, 0.4) is 0 Å². The van der Waals surface area contributed by atoms with Gasteiger partial charge in [-0.15, -0.1) is 0 Å². The zero-order valence-electron chi connectivity index (χ0n) is 16.6. The van der Waals surface area contributed by atoms with Crippen molar-refractivity contribution >= 4 is 47.4 Å². The van der Waals surface area contributed by atoms with Crippen LogP contribution in [0.5, 0.6) is 0 Å². The van der Waals surface area contributed by atoms with Gasteiger partial charge in [-0.1, -0.05) is 11.5 Å². The Labute approximate surface area is 175 Å². The Morgan fingerprint density at radius 2 is 2.00 bits per heavy atom. The number of aromatic nitrogens is 2. The third-order valence-corrected chi connectivity index (χ3v) is 4.81. The van der Waals surface area contributed by atoms with Gasteiger partial charge in [0.15, 0.2) is 0 Å². The highest BCUT2D eigenvalue weighted by atomic mass is 19.1. The van der Waals surface area contributed by atoms with E-state index in [2.05, 4.69) is 25.5 Å². The van der Waals surface area contributed by atoms with Crippen molar-refractivity contribution in [3.05, 3.63) is 47.9 Å². The molecule has 0 spiro atoms. The molecule has 0 unspecified atom stereocenters. The van der Waals surface area contributed by atoms with Crippen LogP contribution in [0.2, 0.25) is 0 Å². The molecule has 30 heavy (non-hydrogen) atoms. The molecule has 0 saturated carbocycles.